The second-order valence-corrected chi connectivity index (χ2v) is 6.42. The lowest BCUT2D eigenvalue weighted by atomic mass is 9.83. The van der Waals surface area contributed by atoms with E-state index in [1.807, 2.05) is 36.4 Å². The van der Waals surface area contributed by atoms with Gasteiger partial charge in [-0.15, -0.1) is 0 Å². The van der Waals surface area contributed by atoms with Crippen molar-refractivity contribution in [2.24, 2.45) is 0 Å². The molecule has 132 valence electrons. The average molecular weight is 350 g/mol. The Kier molecular flexibility index (Phi) is 4.39. The van der Waals surface area contributed by atoms with Gasteiger partial charge in [-0.2, -0.15) is 5.10 Å². The minimum atomic E-state index is -0.395. The van der Waals surface area contributed by atoms with Gasteiger partial charge in [-0.25, -0.2) is 13.9 Å². The Morgan fingerprint density at radius 2 is 1.77 bits per heavy atom. The second kappa shape index (κ2) is 7.00. The van der Waals surface area contributed by atoms with Crippen molar-refractivity contribution in [1.29, 1.82) is 0 Å². The van der Waals surface area contributed by atoms with Crippen molar-refractivity contribution < 1.29 is 9.18 Å². The standard InChI is InChI=1S/C20H19FN4O/c21-15-9-11-16(12-10-15)22-20(26)23-19-13-18(14-5-4-6-14)24-25(19)17-7-2-1-3-8-17/h1-3,7-14H,4-6H2,(H2,22,23,26). The first-order chi connectivity index (χ1) is 12.7. The van der Waals surface area contributed by atoms with Crippen molar-refractivity contribution in [3.63, 3.8) is 0 Å². The van der Waals surface area contributed by atoms with Gasteiger partial charge in [-0.05, 0) is 49.2 Å². The maximum Gasteiger partial charge on any atom is 0.324 e. The fourth-order valence-corrected chi connectivity index (χ4v) is 2.97. The minimum Gasteiger partial charge on any atom is -0.308 e. The number of carbonyl (C=O) groups is 1. The molecule has 2 aromatic carbocycles. The number of nitrogens with one attached hydrogen (secondary N) is 2. The first-order valence-corrected chi connectivity index (χ1v) is 8.68. The molecule has 26 heavy (non-hydrogen) atoms. The lowest BCUT2D eigenvalue weighted by Crippen LogP contribution is -2.21. The maximum absolute atomic E-state index is 13.0. The molecule has 0 spiro atoms. The van der Waals surface area contributed by atoms with Crippen molar-refractivity contribution >= 4 is 17.5 Å². The van der Waals surface area contributed by atoms with Gasteiger partial charge in [0.2, 0.25) is 0 Å². The van der Waals surface area contributed by atoms with Crippen molar-refractivity contribution in [1.82, 2.24) is 9.78 Å². The van der Waals surface area contributed by atoms with Crippen LogP contribution in [-0.2, 0) is 0 Å². The van der Waals surface area contributed by atoms with Crippen molar-refractivity contribution in [2.45, 2.75) is 25.2 Å². The topological polar surface area (TPSA) is 59.0 Å². The summed E-state index contributed by atoms with van der Waals surface area (Å²) in [5.74, 6) is 0.724. The normalized spacial score (nSPS) is 13.9. The second-order valence-electron chi connectivity index (χ2n) is 6.42. The van der Waals surface area contributed by atoms with Crippen molar-refractivity contribution in [2.75, 3.05) is 10.6 Å². The predicted octanol–water partition coefficient (Wildman–Crippen LogP) is 4.92. The molecule has 0 radical (unpaired) electrons. The van der Waals surface area contributed by atoms with E-state index in [0.717, 1.165) is 24.2 Å². The molecule has 2 amide bonds. The number of aromatic nitrogens is 2. The molecule has 0 aliphatic heterocycles. The molecule has 2 N–H and O–H groups in total. The molecule has 4 rings (SSSR count). The van der Waals surface area contributed by atoms with E-state index in [0.29, 0.717) is 17.4 Å². The summed E-state index contributed by atoms with van der Waals surface area (Å²) in [6, 6.07) is 16.9. The number of urea groups is 1. The quantitative estimate of drug-likeness (QED) is 0.701. The third kappa shape index (κ3) is 3.44. The molecule has 6 heteroatoms. The Labute approximate surface area is 150 Å². The van der Waals surface area contributed by atoms with E-state index in [1.165, 1.54) is 30.7 Å². The molecule has 1 aromatic heterocycles. The van der Waals surface area contributed by atoms with Crippen LogP contribution in [0, 0.1) is 5.82 Å². The molecule has 1 fully saturated rings. The minimum absolute atomic E-state index is 0.344. The smallest absolute Gasteiger partial charge is 0.308 e. The third-order valence-electron chi connectivity index (χ3n) is 4.60. The van der Waals surface area contributed by atoms with Crippen LogP contribution in [0.5, 0.6) is 0 Å². The van der Waals surface area contributed by atoms with Gasteiger partial charge in [0.25, 0.3) is 0 Å². The number of hydrogen-bond donors (Lipinski definition) is 2. The highest BCUT2D eigenvalue weighted by Crippen LogP contribution is 2.37. The maximum atomic E-state index is 13.0. The Morgan fingerprint density at radius 3 is 2.42 bits per heavy atom. The highest BCUT2D eigenvalue weighted by Gasteiger charge is 2.24. The monoisotopic (exact) mass is 350 g/mol. The molecule has 1 aliphatic rings. The number of amides is 2. The Bertz CT molecular complexity index is 901. The van der Waals surface area contributed by atoms with Crippen LogP contribution in [0.2, 0.25) is 0 Å². The van der Waals surface area contributed by atoms with E-state index in [-0.39, 0.29) is 5.82 Å². The molecule has 3 aromatic rings. The number of benzene rings is 2. The summed E-state index contributed by atoms with van der Waals surface area (Å²) in [7, 11) is 0. The van der Waals surface area contributed by atoms with E-state index < -0.39 is 6.03 Å². The van der Waals surface area contributed by atoms with Gasteiger partial charge >= 0.3 is 6.03 Å². The Morgan fingerprint density at radius 1 is 1.04 bits per heavy atom. The zero-order valence-electron chi connectivity index (χ0n) is 14.2. The van der Waals surface area contributed by atoms with Crippen molar-refractivity contribution in [3.8, 4) is 5.69 Å². The van der Waals surface area contributed by atoms with Crippen LogP contribution in [0.25, 0.3) is 5.69 Å². The van der Waals surface area contributed by atoms with E-state index in [2.05, 4.69) is 10.6 Å². The van der Waals surface area contributed by atoms with Gasteiger partial charge in [-0.1, -0.05) is 24.6 Å². The third-order valence-corrected chi connectivity index (χ3v) is 4.60. The summed E-state index contributed by atoms with van der Waals surface area (Å²) < 4.78 is 14.7. The molecule has 0 atom stereocenters. The van der Waals surface area contributed by atoms with Crippen LogP contribution < -0.4 is 10.6 Å². The van der Waals surface area contributed by atoms with Gasteiger partial charge in [0.1, 0.15) is 11.6 Å². The molecule has 1 heterocycles. The fourth-order valence-electron chi connectivity index (χ4n) is 2.97. The number of para-hydroxylation sites is 1. The van der Waals surface area contributed by atoms with Gasteiger partial charge in [0.05, 0.1) is 11.4 Å². The number of halogens is 1. The molecule has 1 saturated carbocycles. The van der Waals surface area contributed by atoms with Gasteiger partial charge in [0, 0.05) is 17.7 Å². The molecular formula is C20H19FN4O. The van der Waals surface area contributed by atoms with Crippen LogP contribution in [0.3, 0.4) is 0 Å². The zero-order valence-corrected chi connectivity index (χ0v) is 14.2. The lowest BCUT2D eigenvalue weighted by molar-refractivity contribution is 0.262. The predicted molar refractivity (Wildman–Crippen MR) is 99.2 cm³/mol. The molecule has 5 nitrogen and oxygen atoms in total. The first kappa shape index (κ1) is 16.3. The number of anilines is 2. The van der Waals surface area contributed by atoms with Crippen molar-refractivity contribution in [3.05, 3.63) is 72.2 Å². The number of nitrogens with zero attached hydrogens (tertiary/aromatic N) is 2. The molecule has 0 unspecified atom stereocenters. The largest absolute Gasteiger partial charge is 0.324 e. The van der Waals surface area contributed by atoms with Gasteiger partial charge < -0.3 is 5.32 Å². The SMILES string of the molecule is O=C(Nc1ccc(F)cc1)Nc1cc(C2CCC2)nn1-c1ccccc1. The highest BCUT2D eigenvalue weighted by molar-refractivity contribution is 5.99. The summed E-state index contributed by atoms with van der Waals surface area (Å²) in [5, 5.41) is 10.3. The van der Waals surface area contributed by atoms with E-state index >= 15 is 0 Å². The summed E-state index contributed by atoms with van der Waals surface area (Å²) in [6.45, 7) is 0. The fraction of sp³-hybridized carbons (Fsp3) is 0.200. The first-order valence-electron chi connectivity index (χ1n) is 8.68. The molecular weight excluding hydrogens is 331 g/mol. The van der Waals surface area contributed by atoms with Crippen LogP contribution in [-0.4, -0.2) is 15.8 Å². The van der Waals surface area contributed by atoms with Gasteiger partial charge in [-0.3, -0.25) is 5.32 Å². The highest BCUT2D eigenvalue weighted by atomic mass is 19.1. The van der Waals surface area contributed by atoms with E-state index in [1.54, 1.807) is 4.68 Å². The van der Waals surface area contributed by atoms with E-state index in [4.69, 9.17) is 5.10 Å². The average Bonchev–Trinajstić information content (AvgIpc) is 2.99. The van der Waals surface area contributed by atoms with Gasteiger partial charge in [0.15, 0.2) is 0 Å². The van der Waals surface area contributed by atoms with Crippen LogP contribution in [0.4, 0.5) is 20.7 Å². The number of carbonyl (C=O) groups excluding carboxylic acids is 1. The van der Waals surface area contributed by atoms with Crippen LogP contribution in [0.15, 0.2) is 60.7 Å². The molecule has 1 aliphatic carbocycles. The Balaban J connectivity index is 1.57. The van der Waals surface area contributed by atoms with E-state index in [9.17, 15) is 9.18 Å². The summed E-state index contributed by atoms with van der Waals surface area (Å²) in [6.07, 6.45) is 3.48. The lowest BCUT2D eigenvalue weighted by Gasteiger charge is -2.22. The van der Waals surface area contributed by atoms with Crippen LogP contribution in [0.1, 0.15) is 30.9 Å². The van der Waals surface area contributed by atoms with Crippen LogP contribution >= 0.6 is 0 Å². The summed E-state index contributed by atoms with van der Waals surface area (Å²) in [4.78, 5) is 12.4. The zero-order chi connectivity index (χ0) is 17.9. The summed E-state index contributed by atoms with van der Waals surface area (Å²) in [5.41, 5.74) is 2.40. The number of hydrogen-bond acceptors (Lipinski definition) is 2. The summed E-state index contributed by atoms with van der Waals surface area (Å²) >= 11 is 0. The number of rotatable bonds is 4. The Hall–Kier alpha value is -3.15. The molecule has 0 saturated heterocycles. The molecule has 0 bridgehead atoms.